The molecule has 28 heavy (non-hydrogen) atoms. The van der Waals surface area contributed by atoms with Gasteiger partial charge in [0, 0.05) is 13.0 Å². The first-order chi connectivity index (χ1) is 13.3. The van der Waals surface area contributed by atoms with Crippen molar-refractivity contribution in [3.63, 3.8) is 0 Å². The zero-order valence-electron chi connectivity index (χ0n) is 17.7. The number of nitrogens with one attached hydrogen (secondary N) is 1. The van der Waals surface area contributed by atoms with E-state index in [0.717, 1.165) is 6.42 Å². The van der Waals surface area contributed by atoms with Gasteiger partial charge in [-0.1, -0.05) is 25.5 Å². The Morgan fingerprint density at radius 3 is 2.50 bits per heavy atom. The summed E-state index contributed by atoms with van der Waals surface area (Å²) in [6.07, 6.45) is 1.53. The molecule has 1 spiro atoms. The highest BCUT2D eigenvalue weighted by Crippen LogP contribution is 2.49. The van der Waals surface area contributed by atoms with Gasteiger partial charge in [0.1, 0.15) is 18.1 Å². The van der Waals surface area contributed by atoms with E-state index in [0.29, 0.717) is 19.6 Å². The number of hydrogen-bond donors (Lipinski definition) is 1. The molecule has 5 atom stereocenters. The zero-order valence-corrected chi connectivity index (χ0v) is 18.5. The highest BCUT2D eigenvalue weighted by Gasteiger charge is 2.61. The van der Waals surface area contributed by atoms with E-state index in [1.165, 1.54) is 5.57 Å². The Bertz CT molecular complexity index is 545. The van der Waals surface area contributed by atoms with Crippen molar-refractivity contribution in [2.45, 2.75) is 71.4 Å². The van der Waals surface area contributed by atoms with Crippen molar-refractivity contribution < 1.29 is 28.5 Å². The van der Waals surface area contributed by atoms with Crippen LogP contribution in [-0.2, 0) is 23.7 Å². The number of imide groups is 1. The summed E-state index contributed by atoms with van der Waals surface area (Å²) in [5, 5.41) is 2.09. The summed E-state index contributed by atoms with van der Waals surface area (Å²) in [7, 11) is 1.58. The number of halogens is 1. The van der Waals surface area contributed by atoms with E-state index in [4.69, 9.17) is 30.5 Å². The van der Waals surface area contributed by atoms with E-state index in [-0.39, 0.29) is 29.6 Å². The van der Waals surface area contributed by atoms with Crippen LogP contribution in [0.1, 0.15) is 47.5 Å². The molecule has 1 aliphatic carbocycles. The summed E-state index contributed by atoms with van der Waals surface area (Å²) in [5.74, 6) is -0.978. The molecular formula is C20H34ClNO6. The Kier molecular flexibility index (Phi) is 10.4. The Morgan fingerprint density at radius 2 is 2.00 bits per heavy atom. The first-order valence-electron chi connectivity index (χ1n) is 9.81. The highest BCUT2D eigenvalue weighted by molar-refractivity contribution is 6.28. The van der Waals surface area contributed by atoms with Crippen LogP contribution >= 0.6 is 11.6 Å². The fourth-order valence-electron chi connectivity index (χ4n) is 3.58. The summed E-state index contributed by atoms with van der Waals surface area (Å²) < 4.78 is 22.8. The van der Waals surface area contributed by atoms with Crippen molar-refractivity contribution in [1.82, 2.24) is 5.32 Å². The van der Waals surface area contributed by atoms with Gasteiger partial charge in [-0.15, -0.1) is 11.6 Å². The van der Waals surface area contributed by atoms with Crippen LogP contribution in [0, 0.1) is 5.92 Å². The van der Waals surface area contributed by atoms with Gasteiger partial charge in [0.2, 0.25) is 5.91 Å². The van der Waals surface area contributed by atoms with E-state index in [1.54, 1.807) is 7.11 Å². The van der Waals surface area contributed by atoms with Crippen molar-refractivity contribution in [3.8, 4) is 0 Å². The summed E-state index contributed by atoms with van der Waals surface area (Å²) in [6, 6.07) is 0. The molecule has 1 aliphatic heterocycles. The Balaban J connectivity index is 0.00000190. The number of carbonyl (C=O) groups is 2. The van der Waals surface area contributed by atoms with E-state index in [1.807, 2.05) is 40.7 Å². The third kappa shape index (κ3) is 6.72. The molecule has 5 unspecified atom stereocenters. The largest absolute Gasteiger partial charge is 0.443 e. The fourth-order valence-corrected chi connectivity index (χ4v) is 3.65. The Morgan fingerprint density at radius 1 is 1.36 bits per heavy atom. The molecule has 0 aromatic heterocycles. The highest BCUT2D eigenvalue weighted by atomic mass is 35.5. The predicted molar refractivity (Wildman–Crippen MR) is 108 cm³/mol. The second-order valence-corrected chi connectivity index (χ2v) is 7.33. The van der Waals surface area contributed by atoms with Crippen LogP contribution in [-0.4, -0.2) is 62.1 Å². The quantitative estimate of drug-likeness (QED) is 0.386. The lowest BCUT2D eigenvalue weighted by atomic mass is 9.73. The molecule has 1 saturated heterocycles. The molecule has 1 heterocycles. The molecule has 2 aliphatic rings. The normalized spacial score (nSPS) is 29.2. The van der Waals surface area contributed by atoms with E-state index >= 15 is 0 Å². The number of allylic oxidation sites excluding steroid dienone is 1. The van der Waals surface area contributed by atoms with E-state index in [2.05, 4.69) is 5.32 Å². The molecular weight excluding hydrogens is 386 g/mol. The number of hydrogen-bond acceptors (Lipinski definition) is 6. The molecule has 2 fully saturated rings. The topological polar surface area (TPSA) is 86.4 Å². The van der Waals surface area contributed by atoms with Gasteiger partial charge in [-0.05, 0) is 33.6 Å². The van der Waals surface area contributed by atoms with E-state index < -0.39 is 18.1 Å². The van der Waals surface area contributed by atoms with Crippen LogP contribution in [0.2, 0.25) is 0 Å². The number of ether oxygens (including phenoxy) is 4. The average molecular weight is 420 g/mol. The smallest absolute Gasteiger partial charge is 0.414 e. The molecule has 0 bridgehead atoms. The van der Waals surface area contributed by atoms with Crippen LogP contribution < -0.4 is 5.32 Å². The van der Waals surface area contributed by atoms with Gasteiger partial charge in [0.05, 0.1) is 24.9 Å². The van der Waals surface area contributed by atoms with E-state index in [9.17, 15) is 9.59 Å². The number of epoxide rings is 1. The van der Waals surface area contributed by atoms with Gasteiger partial charge in [0.15, 0.2) is 0 Å². The molecule has 0 aromatic rings. The van der Waals surface area contributed by atoms with Crippen molar-refractivity contribution in [1.29, 1.82) is 0 Å². The lowest BCUT2D eigenvalue weighted by Gasteiger charge is -2.42. The lowest BCUT2D eigenvalue weighted by Crippen LogP contribution is -2.55. The number of amides is 2. The second kappa shape index (κ2) is 11.8. The third-order valence-electron chi connectivity index (χ3n) is 4.94. The molecule has 2 rings (SSSR count). The van der Waals surface area contributed by atoms with Gasteiger partial charge in [-0.3, -0.25) is 10.1 Å². The first kappa shape index (κ1) is 24.9. The number of carbonyl (C=O) groups excluding carboxylic acids is 2. The monoisotopic (exact) mass is 419 g/mol. The van der Waals surface area contributed by atoms with Gasteiger partial charge in [0.25, 0.3) is 0 Å². The molecule has 8 heteroatoms. The number of alkyl carbamates (subject to hydrolysis) is 1. The second-order valence-electron chi connectivity index (χ2n) is 7.06. The number of alkyl halides is 1. The first-order valence-corrected chi connectivity index (χ1v) is 10.3. The zero-order chi connectivity index (χ0) is 21.3. The van der Waals surface area contributed by atoms with Crippen molar-refractivity contribution in [2.75, 3.05) is 26.2 Å². The SMILES string of the molecule is CC.COC1C(OC(=O)NC(=O)CCl)CCC2(CO2)C1C(C)OCC=C(C)C. The molecule has 2 amide bonds. The van der Waals surface area contributed by atoms with Gasteiger partial charge in [-0.2, -0.15) is 0 Å². The van der Waals surface area contributed by atoms with Gasteiger partial charge < -0.3 is 18.9 Å². The van der Waals surface area contributed by atoms with Crippen LogP contribution in [0.15, 0.2) is 11.6 Å². The average Bonchev–Trinajstić information content (AvgIpc) is 3.43. The lowest BCUT2D eigenvalue weighted by molar-refractivity contribution is -0.139. The third-order valence-corrected chi connectivity index (χ3v) is 5.19. The minimum absolute atomic E-state index is 0.0756. The van der Waals surface area contributed by atoms with Crippen LogP contribution in [0.25, 0.3) is 0 Å². The minimum atomic E-state index is -0.813. The summed E-state index contributed by atoms with van der Waals surface area (Å²) >= 11 is 5.39. The Labute approximate surface area is 173 Å². The van der Waals surface area contributed by atoms with Gasteiger partial charge in [-0.25, -0.2) is 4.79 Å². The molecule has 7 nitrogen and oxygen atoms in total. The molecule has 1 saturated carbocycles. The maximum atomic E-state index is 11.9. The summed E-state index contributed by atoms with van der Waals surface area (Å²) in [4.78, 5) is 23.2. The molecule has 162 valence electrons. The van der Waals surface area contributed by atoms with Crippen LogP contribution in [0.4, 0.5) is 4.79 Å². The van der Waals surface area contributed by atoms with Crippen LogP contribution in [0.3, 0.4) is 0 Å². The molecule has 0 radical (unpaired) electrons. The number of rotatable bonds is 7. The van der Waals surface area contributed by atoms with Gasteiger partial charge >= 0.3 is 6.09 Å². The molecule has 0 aromatic carbocycles. The summed E-state index contributed by atoms with van der Waals surface area (Å²) in [5.41, 5.74) is 0.899. The summed E-state index contributed by atoms with van der Waals surface area (Å²) in [6.45, 7) is 11.2. The number of methoxy groups -OCH3 is 1. The minimum Gasteiger partial charge on any atom is -0.443 e. The molecule has 1 N–H and O–H groups in total. The fraction of sp³-hybridized carbons (Fsp3) is 0.800. The maximum Gasteiger partial charge on any atom is 0.414 e. The van der Waals surface area contributed by atoms with Crippen LogP contribution in [0.5, 0.6) is 0 Å². The van der Waals surface area contributed by atoms with Crippen molar-refractivity contribution in [2.24, 2.45) is 5.92 Å². The maximum absolute atomic E-state index is 11.9. The van der Waals surface area contributed by atoms with Crippen molar-refractivity contribution >= 4 is 23.6 Å². The standard InChI is InChI=1S/C18H28ClNO6.C2H6/c1-11(2)6-8-24-12(3)15-16(23-4)13(5-7-18(15)10-25-18)26-17(22)20-14(21)9-19;1-2/h6,12-13,15-16H,5,7-10H2,1-4H3,(H,20,21,22);1-2H3. The van der Waals surface area contributed by atoms with Crippen molar-refractivity contribution in [3.05, 3.63) is 11.6 Å². The predicted octanol–water partition coefficient (Wildman–Crippen LogP) is 3.44. The Hall–Kier alpha value is -1.15.